The fraction of sp³-hybridized carbons (Fsp3) is 0.625. The molecule has 1 aliphatic carbocycles. The van der Waals surface area contributed by atoms with Crippen LogP contribution in [0.3, 0.4) is 0 Å². The Bertz CT molecular complexity index is 229. The zero-order valence-electron chi connectivity index (χ0n) is 6.18. The van der Waals surface area contributed by atoms with Crippen LogP contribution in [-0.2, 0) is 9.53 Å². The molecule has 1 saturated carbocycles. The van der Waals surface area contributed by atoms with Gasteiger partial charge in [0.05, 0.1) is 5.76 Å². The molecule has 54 valence electrons. The molecule has 1 heterocycles. The molecule has 2 nitrogen and oxygen atoms in total. The lowest BCUT2D eigenvalue weighted by Crippen LogP contribution is -2.12. The summed E-state index contributed by atoms with van der Waals surface area (Å²) in [4.78, 5) is 10.5. The van der Waals surface area contributed by atoms with Crippen molar-refractivity contribution in [1.29, 1.82) is 0 Å². The summed E-state index contributed by atoms with van der Waals surface area (Å²) in [6.45, 7) is 3.96. The molecule has 0 aromatic heterocycles. The van der Waals surface area contributed by atoms with Crippen molar-refractivity contribution in [3.63, 3.8) is 0 Å². The topological polar surface area (TPSA) is 26.3 Å². The van der Waals surface area contributed by atoms with Crippen LogP contribution in [0.15, 0.2) is 11.3 Å². The van der Waals surface area contributed by atoms with E-state index in [0.29, 0.717) is 5.92 Å². The molecule has 2 heteroatoms. The summed E-state index contributed by atoms with van der Waals surface area (Å²) >= 11 is 0. The molecule has 2 unspecified atom stereocenters. The van der Waals surface area contributed by atoms with Gasteiger partial charge in [-0.05, 0) is 19.4 Å². The highest BCUT2D eigenvalue weighted by atomic mass is 16.5. The normalized spacial score (nSPS) is 42.8. The lowest BCUT2D eigenvalue weighted by atomic mass is 10.1. The lowest BCUT2D eigenvalue weighted by Gasteiger charge is -2.06. The first-order chi connectivity index (χ1) is 4.69. The van der Waals surface area contributed by atoms with Crippen molar-refractivity contribution in [3.8, 4) is 0 Å². The van der Waals surface area contributed by atoms with E-state index in [1.54, 1.807) is 0 Å². The molecule has 1 fully saturated rings. The van der Waals surface area contributed by atoms with Gasteiger partial charge in [-0.2, -0.15) is 0 Å². The Morgan fingerprint density at radius 1 is 1.70 bits per heavy atom. The van der Waals surface area contributed by atoms with Crippen LogP contribution in [0.5, 0.6) is 0 Å². The van der Waals surface area contributed by atoms with Crippen LogP contribution >= 0.6 is 0 Å². The van der Waals surface area contributed by atoms with Crippen LogP contribution in [0.2, 0.25) is 0 Å². The number of allylic oxidation sites excluding steroid dienone is 1. The van der Waals surface area contributed by atoms with Gasteiger partial charge in [-0.3, -0.25) is 4.79 Å². The fourth-order valence-corrected chi connectivity index (χ4v) is 1.66. The second-order valence-electron chi connectivity index (χ2n) is 3.17. The number of hydrogen-bond donors (Lipinski definition) is 0. The van der Waals surface area contributed by atoms with Crippen LogP contribution in [0.4, 0.5) is 0 Å². The summed E-state index contributed by atoms with van der Waals surface area (Å²) in [6, 6.07) is 0. The molecule has 0 N–H and O–H groups in total. The van der Waals surface area contributed by atoms with Gasteiger partial charge in [0.1, 0.15) is 0 Å². The van der Waals surface area contributed by atoms with E-state index in [2.05, 4.69) is 0 Å². The zero-order chi connectivity index (χ0) is 7.35. The Hall–Kier alpha value is -0.790. The highest BCUT2D eigenvalue weighted by Gasteiger charge is 2.62. The number of rotatable bonds is 1. The smallest absolute Gasteiger partial charge is 0.171 e. The standard InChI is InChI=1S/C8H10O2/c1-5-6(2)10-8(4-9)3-7(5)8/h4,7H,3H2,1-2H3. The van der Waals surface area contributed by atoms with Crippen LogP contribution in [0.1, 0.15) is 20.3 Å². The first-order valence-corrected chi connectivity index (χ1v) is 3.52. The van der Waals surface area contributed by atoms with Crippen LogP contribution < -0.4 is 0 Å². The van der Waals surface area contributed by atoms with Crippen molar-refractivity contribution in [2.24, 2.45) is 5.92 Å². The van der Waals surface area contributed by atoms with Crippen molar-refractivity contribution in [2.45, 2.75) is 25.9 Å². The summed E-state index contributed by atoms with van der Waals surface area (Å²) in [5.41, 5.74) is 0.848. The molecular weight excluding hydrogens is 128 g/mol. The highest BCUT2D eigenvalue weighted by Crippen LogP contribution is 2.56. The van der Waals surface area contributed by atoms with Gasteiger partial charge in [0.25, 0.3) is 0 Å². The number of aldehydes is 1. The number of carbonyl (C=O) groups excluding carboxylic acids is 1. The summed E-state index contributed by atoms with van der Waals surface area (Å²) in [6.07, 6.45) is 1.84. The Kier molecular flexibility index (Phi) is 0.858. The van der Waals surface area contributed by atoms with Gasteiger partial charge >= 0.3 is 0 Å². The van der Waals surface area contributed by atoms with E-state index in [9.17, 15) is 4.79 Å². The maximum absolute atomic E-state index is 10.5. The molecular formula is C8H10O2. The Morgan fingerprint density at radius 3 is 2.70 bits per heavy atom. The second-order valence-corrected chi connectivity index (χ2v) is 3.17. The molecule has 0 aromatic carbocycles. The predicted octanol–water partition coefficient (Wildman–Crippen LogP) is 1.27. The predicted molar refractivity (Wildman–Crippen MR) is 36.4 cm³/mol. The lowest BCUT2D eigenvalue weighted by molar-refractivity contribution is -0.117. The molecule has 0 radical (unpaired) electrons. The Labute approximate surface area is 59.9 Å². The minimum absolute atomic E-state index is 0.407. The maximum atomic E-state index is 10.5. The largest absolute Gasteiger partial charge is 0.484 e. The molecule has 2 atom stereocenters. The van der Waals surface area contributed by atoms with Gasteiger partial charge in [0.15, 0.2) is 11.9 Å². The van der Waals surface area contributed by atoms with Crippen LogP contribution in [0, 0.1) is 5.92 Å². The summed E-state index contributed by atoms with van der Waals surface area (Å²) in [5, 5.41) is 0. The van der Waals surface area contributed by atoms with E-state index in [4.69, 9.17) is 4.74 Å². The molecule has 0 spiro atoms. The molecule has 10 heavy (non-hydrogen) atoms. The molecule has 0 aromatic rings. The highest BCUT2D eigenvalue weighted by molar-refractivity contribution is 5.72. The zero-order valence-corrected chi connectivity index (χ0v) is 6.18. The van der Waals surface area contributed by atoms with E-state index in [1.807, 2.05) is 13.8 Å². The Balaban J connectivity index is 2.30. The van der Waals surface area contributed by atoms with Crippen LogP contribution in [0.25, 0.3) is 0 Å². The second kappa shape index (κ2) is 1.44. The summed E-state index contributed by atoms with van der Waals surface area (Å²) in [5.74, 6) is 1.35. The third kappa shape index (κ3) is 0.474. The SMILES string of the molecule is CC1=C(C)C2CC2(C=O)O1. The molecule has 2 rings (SSSR count). The van der Waals surface area contributed by atoms with E-state index in [0.717, 1.165) is 18.5 Å². The maximum Gasteiger partial charge on any atom is 0.171 e. The van der Waals surface area contributed by atoms with Crippen molar-refractivity contribution in [2.75, 3.05) is 0 Å². The average Bonchev–Trinajstić information content (AvgIpc) is 2.57. The van der Waals surface area contributed by atoms with Gasteiger partial charge in [0, 0.05) is 12.3 Å². The third-order valence-corrected chi connectivity index (χ3v) is 2.57. The molecule has 0 amide bonds. The Morgan fingerprint density at radius 2 is 2.40 bits per heavy atom. The first-order valence-electron chi connectivity index (χ1n) is 3.52. The molecule has 0 bridgehead atoms. The minimum Gasteiger partial charge on any atom is -0.484 e. The van der Waals surface area contributed by atoms with Crippen LogP contribution in [-0.4, -0.2) is 11.9 Å². The monoisotopic (exact) mass is 138 g/mol. The van der Waals surface area contributed by atoms with Crippen molar-refractivity contribution in [1.82, 2.24) is 0 Å². The van der Waals surface area contributed by atoms with Gasteiger partial charge in [-0.1, -0.05) is 0 Å². The van der Waals surface area contributed by atoms with Gasteiger partial charge in [0.2, 0.25) is 0 Å². The minimum atomic E-state index is -0.409. The summed E-state index contributed by atoms with van der Waals surface area (Å²) < 4.78 is 5.40. The van der Waals surface area contributed by atoms with E-state index < -0.39 is 5.60 Å². The van der Waals surface area contributed by atoms with Gasteiger partial charge in [-0.25, -0.2) is 0 Å². The van der Waals surface area contributed by atoms with E-state index >= 15 is 0 Å². The van der Waals surface area contributed by atoms with Gasteiger partial charge < -0.3 is 4.74 Å². The fourth-order valence-electron chi connectivity index (χ4n) is 1.66. The van der Waals surface area contributed by atoms with E-state index in [-0.39, 0.29) is 0 Å². The third-order valence-electron chi connectivity index (χ3n) is 2.57. The summed E-state index contributed by atoms with van der Waals surface area (Å²) in [7, 11) is 0. The number of hydrogen-bond acceptors (Lipinski definition) is 2. The van der Waals surface area contributed by atoms with Crippen molar-refractivity contribution < 1.29 is 9.53 Å². The number of carbonyl (C=O) groups is 1. The molecule has 0 saturated heterocycles. The molecule has 2 aliphatic rings. The number of ether oxygens (including phenoxy) is 1. The average molecular weight is 138 g/mol. The molecule has 1 aliphatic heterocycles. The van der Waals surface area contributed by atoms with Crippen molar-refractivity contribution >= 4 is 6.29 Å². The van der Waals surface area contributed by atoms with Gasteiger partial charge in [-0.15, -0.1) is 0 Å². The first kappa shape index (κ1) is 5.96. The van der Waals surface area contributed by atoms with Crippen molar-refractivity contribution in [3.05, 3.63) is 11.3 Å². The quantitative estimate of drug-likeness (QED) is 0.510. The van der Waals surface area contributed by atoms with E-state index in [1.165, 1.54) is 5.57 Å². The number of fused-ring (bicyclic) bond motifs is 1.